The molecule has 19 heavy (non-hydrogen) atoms. The van der Waals surface area contributed by atoms with Gasteiger partial charge in [-0.25, -0.2) is 4.39 Å². The van der Waals surface area contributed by atoms with Crippen LogP contribution in [0.1, 0.15) is 18.2 Å². The predicted octanol–water partition coefficient (Wildman–Crippen LogP) is 1.95. The number of aromatic nitrogens is 2. The Hall–Kier alpha value is -2.21. The zero-order chi connectivity index (χ0) is 13.4. The molecule has 1 aromatic heterocycles. The van der Waals surface area contributed by atoms with Gasteiger partial charge in [-0.15, -0.1) is 0 Å². The number of rotatable bonds is 2. The predicted molar refractivity (Wildman–Crippen MR) is 65.8 cm³/mol. The van der Waals surface area contributed by atoms with Crippen LogP contribution in [0.2, 0.25) is 0 Å². The number of allylic oxidation sites excluding steroid dienone is 1. The van der Waals surface area contributed by atoms with Crippen molar-refractivity contribution in [1.82, 2.24) is 10.1 Å². The molecule has 2 atom stereocenters. The van der Waals surface area contributed by atoms with Gasteiger partial charge in [-0.3, -0.25) is 0 Å². The molecule has 0 amide bonds. The van der Waals surface area contributed by atoms with Crippen molar-refractivity contribution in [2.45, 2.75) is 18.4 Å². The Morgan fingerprint density at radius 1 is 1.37 bits per heavy atom. The summed E-state index contributed by atoms with van der Waals surface area (Å²) >= 11 is 0. The molecule has 2 unspecified atom stereocenters. The lowest BCUT2D eigenvalue weighted by Crippen LogP contribution is -2.14. The minimum Gasteiger partial charge on any atom is -0.505 e. The van der Waals surface area contributed by atoms with Crippen LogP contribution in [0.15, 0.2) is 34.9 Å². The number of phenolic OH excluding ortho intramolecular Hbond substituents is 1. The molecule has 3 rings (SSSR count). The third-order valence-corrected chi connectivity index (χ3v) is 3.08. The quantitative estimate of drug-likeness (QED) is 0.807. The van der Waals surface area contributed by atoms with Gasteiger partial charge in [0.15, 0.2) is 11.6 Å². The highest BCUT2D eigenvalue weighted by molar-refractivity contribution is 5.56. The van der Waals surface area contributed by atoms with E-state index >= 15 is 0 Å². The summed E-state index contributed by atoms with van der Waals surface area (Å²) in [6.07, 6.45) is 4.56. The summed E-state index contributed by atoms with van der Waals surface area (Å²) in [4.78, 5) is 4.23. The third-order valence-electron chi connectivity index (χ3n) is 3.08. The zero-order valence-electron chi connectivity index (χ0n) is 9.95. The van der Waals surface area contributed by atoms with Crippen LogP contribution in [0.4, 0.5) is 4.39 Å². The number of nitrogens with two attached hydrogens (primary N) is 1. The van der Waals surface area contributed by atoms with Gasteiger partial charge in [0.05, 0.1) is 5.92 Å². The molecule has 1 heterocycles. The van der Waals surface area contributed by atoms with Gasteiger partial charge in [-0.2, -0.15) is 4.98 Å². The van der Waals surface area contributed by atoms with E-state index in [1.54, 1.807) is 0 Å². The number of hydrogen-bond acceptors (Lipinski definition) is 5. The number of benzene rings is 1. The Morgan fingerprint density at radius 2 is 2.21 bits per heavy atom. The molecule has 6 heteroatoms. The van der Waals surface area contributed by atoms with Crippen LogP contribution < -0.4 is 5.73 Å². The van der Waals surface area contributed by atoms with E-state index < -0.39 is 11.6 Å². The lowest BCUT2D eigenvalue weighted by atomic mass is 10.1. The van der Waals surface area contributed by atoms with E-state index in [0.717, 1.165) is 6.42 Å². The summed E-state index contributed by atoms with van der Waals surface area (Å²) in [5.74, 6) is -0.350. The van der Waals surface area contributed by atoms with Crippen molar-refractivity contribution in [3.05, 3.63) is 42.1 Å². The van der Waals surface area contributed by atoms with Gasteiger partial charge in [0.1, 0.15) is 0 Å². The van der Waals surface area contributed by atoms with Gasteiger partial charge in [0, 0.05) is 11.6 Å². The second-order valence-corrected chi connectivity index (χ2v) is 4.51. The Morgan fingerprint density at radius 3 is 2.89 bits per heavy atom. The smallest absolute Gasteiger partial charge is 0.233 e. The summed E-state index contributed by atoms with van der Waals surface area (Å²) in [5.41, 5.74) is 6.22. The minimum absolute atomic E-state index is 0.00599. The van der Waals surface area contributed by atoms with E-state index in [0.29, 0.717) is 17.3 Å². The van der Waals surface area contributed by atoms with Gasteiger partial charge in [-0.1, -0.05) is 17.3 Å². The number of halogens is 1. The van der Waals surface area contributed by atoms with Crippen molar-refractivity contribution in [2.24, 2.45) is 5.73 Å². The normalized spacial score (nSPS) is 22.0. The first kappa shape index (κ1) is 11.9. The molecule has 0 saturated heterocycles. The molecule has 0 saturated carbocycles. The summed E-state index contributed by atoms with van der Waals surface area (Å²) in [6.45, 7) is 0. The minimum atomic E-state index is -0.716. The van der Waals surface area contributed by atoms with E-state index in [4.69, 9.17) is 15.4 Å². The Balaban J connectivity index is 1.88. The topological polar surface area (TPSA) is 85.2 Å². The molecule has 0 radical (unpaired) electrons. The van der Waals surface area contributed by atoms with Crippen molar-refractivity contribution >= 4 is 0 Å². The highest BCUT2D eigenvalue weighted by Gasteiger charge is 2.23. The lowest BCUT2D eigenvalue weighted by molar-refractivity contribution is 0.365. The molecule has 0 bridgehead atoms. The number of hydrogen-bond donors (Lipinski definition) is 2. The molecule has 0 fully saturated rings. The first-order valence-electron chi connectivity index (χ1n) is 5.90. The first-order chi connectivity index (χ1) is 9.13. The molecular weight excluding hydrogens is 249 g/mol. The largest absolute Gasteiger partial charge is 0.505 e. The number of nitrogens with zero attached hydrogens (tertiary/aromatic N) is 2. The van der Waals surface area contributed by atoms with E-state index in [1.165, 1.54) is 18.2 Å². The molecule has 5 nitrogen and oxygen atoms in total. The molecular formula is C13H12FN3O2. The van der Waals surface area contributed by atoms with Crippen molar-refractivity contribution in [2.75, 3.05) is 0 Å². The average molecular weight is 261 g/mol. The molecule has 98 valence electrons. The molecule has 1 aliphatic carbocycles. The second kappa shape index (κ2) is 4.47. The SMILES string of the molecule is NC1C=CC(c2nc(-c3ccc(O)c(F)c3)no2)C1. The molecule has 1 aliphatic rings. The van der Waals surface area contributed by atoms with Gasteiger partial charge in [0.2, 0.25) is 11.7 Å². The summed E-state index contributed by atoms with van der Waals surface area (Å²) in [6, 6.07) is 3.96. The van der Waals surface area contributed by atoms with Crippen LogP contribution in [0.5, 0.6) is 5.75 Å². The fraction of sp³-hybridized carbons (Fsp3) is 0.231. The third kappa shape index (κ3) is 2.22. The maximum atomic E-state index is 13.3. The molecule has 3 N–H and O–H groups in total. The maximum Gasteiger partial charge on any atom is 0.233 e. The van der Waals surface area contributed by atoms with Crippen LogP contribution in [0.25, 0.3) is 11.4 Å². The van der Waals surface area contributed by atoms with Gasteiger partial charge in [-0.05, 0) is 24.6 Å². The molecule has 2 aromatic rings. The first-order valence-corrected chi connectivity index (χ1v) is 5.90. The van der Waals surface area contributed by atoms with Crippen LogP contribution in [-0.4, -0.2) is 21.3 Å². The highest BCUT2D eigenvalue weighted by Crippen LogP contribution is 2.29. The Labute approximate surface area is 108 Å². The summed E-state index contributed by atoms with van der Waals surface area (Å²) < 4.78 is 18.4. The monoisotopic (exact) mass is 261 g/mol. The molecule has 1 aromatic carbocycles. The van der Waals surface area contributed by atoms with Crippen LogP contribution in [0, 0.1) is 5.82 Å². The van der Waals surface area contributed by atoms with Gasteiger partial charge >= 0.3 is 0 Å². The van der Waals surface area contributed by atoms with Crippen LogP contribution in [0.3, 0.4) is 0 Å². The van der Waals surface area contributed by atoms with Crippen molar-refractivity contribution in [3.63, 3.8) is 0 Å². The molecule has 0 aliphatic heterocycles. The van der Waals surface area contributed by atoms with Crippen molar-refractivity contribution < 1.29 is 14.0 Å². The van der Waals surface area contributed by atoms with E-state index in [9.17, 15) is 4.39 Å². The standard InChI is InChI=1S/C13H12FN3O2/c14-10-6-7(2-4-11(10)18)12-16-13(19-17-12)8-1-3-9(15)5-8/h1-4,6,8-9,18H,5,15H2. The zero-order valence-corrected chi connectivity index (χ0v) is 9.95. The molecule has 0 spiro atoms. The summed E-state index contributed by atoms with van der Waals surface area (Å²) in [5, 5.41) is 13.0. The van der Waals surface area contributed by atoms with Crippen molar-refractivity contribution in [3.8, 4) is 17.1 Å². The fourth-order valence-electron chi connectivity index (χ4n) is 2.06. The van der Waals surface area contributed by atoms with Gasteiger partial charge < -0.3 is 15.4 Å². The highest BCUT2D eigenvalue weighted by atomic mass is 19.1. The van der Waals surface area contributed by atoms with Crippen molar-refractivity contribution in [1.29, 1.82) is 0 Å². The Kier molecular flexibility index (Phi) is 2.79. The summed E-state index contributed by atoms with van der Waals surface area (Å²) in [7, 11) is 0. The Bertz CT molecular complexity index is 639. The van der Waals surface area contributed by atoms with E-state index in [-0.39, 0.29) is 12.0 Å². The number of phenols is 1. The van der Waals surface area contributed by atoms with E-state index in [2.05, 4.69) is 10.1 Å². The average Bonchev–Trinajstić information content (AvgIpc) is 3.01. The maximum absolute atomic E-state index is 13.3. The van der Waals surface area contributed by atoms with E-state index in [1.807, 2.05) is 12.2 Å². The second-order valence-electron chi connectivity index (χ2n) is 4.51. The van der Waals surface area contributed by atoms with Gasteiger partial charge in [0.25, 0.3) is 0 Å². The van der Waals surface area contributed by atoms with Crippen LogP contribution >= 0.6 is 0 Å². The lowest BCUT2D eigenvalue weighted by Gasteiger charge is -2.02. The fourth-order valence-corrected chi connectivity index (χ4v) is 2.06. The van der Waals surface area contributed by atoms with Crippen LogP contribution in [-0.2, 0) is 0 Å². The number of aromatic hydroxyl groups is 1.